The molecule has 1 aliphatic heterocycles. The molecule has 1 atom stereocenters. The number of fused-ring (bicyclic) bond motifs is 2. The number of anilines is 1. The van der Waals surface area contributed by atoms with E-state index >= 15 is 0 Å². The molecule has 3 aromatic heterocycles. The van der Waals surface area contributed by atoms with Crippen molar-refractivity contribution >= 4 is 34.0 Å². The SMILES string of the molecule is COCOc1cc2nc(C)oc2cc1-c1ccc2nc(N3CCC(N(C(=O)OC(C)(C)C)C4(C)CC4)C3)ccc2n1. The molecule has 0 radical (unpaired) electrons. The van der Waals surface area contributed by atoms with Gasteiger partial charge in [0, 0.05) is 44.3 Å². The molecule has 41 heavy (non-hydrogen) atoms. The molecule has 4 aromatic rings. The largest absolute Gasteiger partial charge is 0.467 e. The normalized spacial score (nSPS) is 18.2. The molecule has 1 aromatic carbocycles. The molecule has 1 saturated carbocycles. The molecule has 10 nitrogen and oxygen atoms in total. The number of carbonyl (C=O) groups excluding carboxylic acids is 1. The van der Waals surface area contributed by atoms with E-state index in [-0.39, 0.29) is 24.5 Å². The molecule has 1 amide bonds. The van der Waals surface area contributed by atoms with Crippen molar-refractivity contribution in [3.8, 4) is 17.0 Å². The lowest BCUT2D eigenvalue weighted by Gasteiger charge is -2.36. The highest BCUT2D eigenvalue weighted by Gasteiger charge is 2.51. The van der Waals surface area contributed by atoms with Crippen LogP contribution in [0.1, 0.15) is 52.8 Å². The molecule has 1 unspecified atom stereocenters. The second-order valence-corrected chi connectivity index (χ2v) is 12.2. The number of methoxy groups -OCH3 is 1. The van der Waals surface area contributed by atoms with E-state index in [0.717, 1.165) is 60.5 Å². The number of oxazole rings is 1. The number of amides is 1. The maximum atomic E-state index is 13.2. The Balaban J connectivity index is 1.25. The van der Waals surface area contributed by atoms with Crippen LogP contribution in [-0.2, 0) is 9.47 Å². The van der Waals surface area contributed by atoms with E-state index in [1.54, 1.807) is 7.11 Å². The molecule has 1 saturated heterocycles. The molecule has 6 rings (SSSR count). The highest BCUT2D eigenvalue weighted by atomic mass is 16.7. The van der Waals surface area contributed by atoms with Gasteiger partial charge >= 0.3 is 6.09 Å². The van der Waals surface area contributed by atoms with Crippen molar-refractivity contribution in [3.63, 3.8) is 0 Å². The number of hydrogen-bond acceptors (Lipinski definition) is 9. The predicted octanol–water partition coefficient (Wildman–Crippen LogP) is 6.10. The van der Waals surface area contributed by atoms with Gasteiger partial charge in [-0.15, -0.1) is 0 Å². The van der Waals surface area contributed by atoms with Crippen molar-refractivity contribution in [2.75, 3.05) is 31.9 Å². The van der Waals surface area contributed by atoms with Crippen molar-refractivity contribution in [2.24, 2.45) is 0 Å². The number of benzene rings is 1. The van der Waals surface area contributed by atoms with Crippen LogP contribution < -0.4 is 9.64 Å². The summed E-state index contributed by atoms with van der Waals surface area (Å²) in [5, 5.41) is 0. The number of pyridine rings is 2. The van der Waals surface area contributed by atoms with E-state index in [1.807, 2.05) is 69.0 Å². The summed E-state index contributed by atoms with van der Waals surface area (Å²) < 4.78 is 22.6. The van der Waals surface area contributed by atoms with Gasteiger partial charge in [0.2, 0.25) is 0 Å². The van der Waals surface area contributed by atoms with E-state index in [1.165, 1.54) is 0 Å². The first-order valence-corrected chi connectivity index (χ1v) is 14.1. The third-order valence-corrected chi connectivity index (χ3v) is 7.73. The Labute approximate surface area is 239 Å². The standard InChI is InChI=1S/C31H37N5O5/c1-19-32-25-16-26(39-18-38-6)21(15-27(25)40-19)22-7-8-24-23(33-22)9-10-28(34-24)35-14-11-20(17-35)36(31(5)12-13-31)29(37)41-30(2,3)4/h7-10,15-16,20H,11-14,17-18H2,1-6H3. The van der Waals surface area contributed by atoms with Gasteiger partial charge in [0.25, 0.3) is 0 Å². The molecule has 0 N–H and O–H groups in total. The first-order valence-electron chi connectivity index (χ1n) is 14.1. The van der Waals surface area contributed by atoms with Crippen molar-refractivity contribution in [2.45, 2.75) is 71.1 Å². The van der Waals surface area contributed by atoms with Gasteiger partial charge in [-0.25, -0.2) is 19.7 Å². The van der Waals surface area contributed by atoms with Gasteiger partial charge < -0.3 is 23.5 Å². The van der Waals surface area contributed by atoms with Crippen LogP contribution in [-0.4, -0.2) is 70.1 Å². The second kappa shape index (κ2) is 10.2. The van der Waals surface area contributed by atoms with Gasteiger partial charge in [-0.1, -0.05) is 0 Å². The van der Waals surface area contributed by atoms with Crippen LogP contribution >= 0.6 is 0 Å². The van der Waals surface area contributed by atoms with Crippen LogP contribution in [0.2, 0.25) is 0 Å². The molecule has 0 bridgehead atoms. The molecule has 0 spiro atoms. The Kier molecular flexibility index (Phi) is 6.76. The van der Waals surface area contributed by atoms with E-state index in [0.29, 0.717) is 22.7 Å². The van der Waals surface area contributed by atoms with E-state index < -0.39 is 5.60 Å². The van der Waals surface area contributed by atoms with Crippen molar-refractivity contribution in [1.29, 1.82) is 0 Å². The number of aryl methyl sites for hydroxylation is 1. The maximum absolute atomic E-state index is 13.2. The van der Waals surface area contributed by atoms with Gasteiger partial charge in [0.15, 0.2) is 18.3 Å². The molecule has 2 fully saturated rings. The first kappa shape index (κ1) is 27.3. The Morgan fingerprint density at radius 3 is 2.59 bits per heavy atom. The minimum atomic E-state index is -0.527. The van der Waals surface area contributed by atoms with Crippen LogP contribution in [0.3, 0.4) is 0 Å². The number of rotatable bonds is 7. The third-order valence-electron chi connectivity index (χ3n) is 7.73. The topological polar surface area (TPSA) is 103 Å². The third kappa shape index (κ3) is 5.53. The lowest BCUT2D eigenvalue weighted by Crippen LogP contribution is -2.50. The van der Waals surface area contributed by atoms with E-state index in [9.17, 15) is 4.79 Å². The predicted molar refractivity (Wildman–Crippen MR) is 156 cm³/mol. The fraction of sp³-hybridized carbons (Fsp3) is 0.484. The molecule has 4 heterocycles. The molecule has 10 heteroatoms. The van der Waals surface area contributed by atoms with Crippen LogP contribution in [0.4, 0.5) is 10.6 Å². The van der Waals surface area contributed by atoms with Gasteiger partial charge in [0.1, 0.15) is 22.7 Å². The summed E-state index contributed by atoms with van der Waals surface area (Å²) in [6, 6.07) is 11.7. The summed E-state index contributed by atoms with van der Waals surface area (Å²) in [5.41, 5.74) is 3.82. The zero-order valence-electron chi connectivity index (χ0n) is 24.6. The monoisotopic (exact) mass is 559 g/mol. The van der Waals surface area contributed by atoms with Crippen LogP contribution in [0.15, 0.2) is 40.8 Å². The second-order valence-electron chi connectivity index (χ2n) is 12.2. The van der Waals surface area contributed by atoms with Crippen LogP contribution in [0, 0.1) is 6.92 Å². The zero-order chi connectivity index (χ0) is 28.9. The number of aromatic nitrogens is 3. The van der Waals surface area contributed by atoms with E-state index in [4.69, 9.17) is 28.6 Å². The molecular formula is C31H37N5O5. The van der Waals surface area contributed by atoms with Crippen LogP contribution in [0.25, 0.3) is 33.4 Å². The lowest BCUT2D eigenvalue weighted by molar-refractivity contribution is 0.00539. The van der Waals surface area contributed by atoms with Crippen molar-refractivity contribution in [3.05, 3.63) is 42.3 Å². The Morgan fingerprint density at radius 1 is 1.10 bits per heavy atom. The summed E-state index contributed by atoms with van der Waals surface area (Å²) in [5.74, 6) is 2.08. The number of ether oxygens (including phenoxy) is 3. The van der Waals surface area contributed by atoms with Gasteiger partial charge in [-0.3, -0.25) is 4.90 Å². The first-order chi connectivity index (χ1) is 19.5. The Bertz CT molecular complexity index is 1610. The van der Waals surface area contributed by atoms with Gasteiger partial charge in [-0.2, -0.15) is 0 Å². The van der Waals surface area contributed by atoms with Crippen LogP contribution in [0.5, 0.6) is 5.75 Å². The molecule has 216 valence electrons. The average Bonchev–Trinajstić information content (AvgIpc) is 3.29. The Hall–Kier alpha value is -3.92. The number of carbonyl (C=O) groups is 1. The minimum Gasteiger partial charge on any atom is -0.467 e. The quantitative estimate of drug-likeness (QED) is 0.249. The lowest BCUT2D eigenvalue weighted by atomic mass is 10.1. The highest BCUT2D eigenvalue weighted by Crippen LogP contribution is 2.44. The summed E-state index contributed by atoms with van der Waals surface area (Å²) in [7, 11) is 1.58. The van der Waals surface area contributed by atoms with E-state index in [2.05, 4.69) is 16.8 Å². The average molecular weight is 560 g/mol. The smallest absolute Gasteiger partial charge is 0.411 e. The van der Waals surface area contributed by atoms with Crippen molar-refractivity contribution < 1.29 is 23.4 Å². The summed E-state index contributed by atoms with van der Waals surface area (Å²) in [6.07, 6.45) is 2.66. The fourth-order valence-corrected chi connectivity index (χ4v) is 5.54. The highest BCUT2D eigenvalue weighted by molar-refractivity contribution is 5.86. The summed E-state index contributed by atoms with van der Waals surface area (Å²) in [6.45, 7) is 11.4. The Morgan fingerprint density at radius 2 is 1.85 bits per heavy atom. The minimum absolute atomic E-state index is 0.0792. The van der Waals surface area contributed by atoms with Gasteiger partial charge in [-0.05, 0) is 77.3 Å². The molecule has 1 aliphatic carbocycles. The van der Waals surface area contributed by atoms with Crippen molar-refractivity contribution in [1.82, 2.24) is 19.9 Å². The fourth-order valence-electron chi connectivity index (χ4n) is 5.54. The molecule has 2 aliphatic rings. The number of hydrogen-bond donors (Lipinski definition) is 0. The number of nitrogens with zero attached hydrogens (tertiary/aromatic N) is 5. The summed E-state index contributed by atoms with van der Waals surface area (Å²) in [4.78, 5) is 31.7. The molecular weight excluding hydrogens is 522 g/mol. The zero-order valence-corrected chi connectivity index (χ0v) is 24.6. The maximum Gasteiger partial charge on any atom is 0.411 e. The van der Waals surface area contributed by atoms with Gasteiger partial charge in [0.05, 0.1) is 22.8 Å². The summed E-state index contributed by atoms with van der Waals surface area (Å²) >= 11 is 0.